The highest BCUT2D eigenvalue weighted by atomic mass is 16.1. The smallest absolute Gasteiger partial charge is 0.223 e. The maximum absolute atomic E-state index is 11.9. The predicted octanol–water partition coefficient (Wildman–Crippen LogP) is 1.66. The summed E-state index contributed by atoms with van der Waals surface area (Å²) in [6.45, 7) is 6.18. The van der Waals surface area contributed by atoms with Crippen molar-refractivity contribution in [3.63, 3.8) is 0 Å². The van der Waals surface area contributed by atoms with Gasteiger partial charge in [-0.3, -0.25) is 4.79 Å². The molecule has 4 unspecified atom stereocenters. The summed E-state index contributed by atoms with van der Waals surface area (Å²) in [6.07, 6.45) is 4.30. The van der Waals surface area contributed by atoms with Crippen LogP contribution in [-0.2, 0) is 4.79 Å². The summed E-state index contributed by atoms with van der Waals surface area (Å²) in [5.74, 6) is 1.01. The second kappa shape index (κ2) is 5.50. The summed E-state index contributed by atoms with van der Waals surface area (Å²) < 4.78 is 0. The van der Waals surface area contributed by atoms with Crippen LogP contribution in [0.1, 0.15) is 46.5 Å². The van der Waals surface area contributed by atoms with Crippen LogP contribution in [0.25, 0.3) is 0 Å². The van der Waals surface area contributed by atoms with Crippen molar-refractivity contribution in [3.8, 4) is 0 Å². The molecule has 0 heterocycles. The summed E-state index contributed by atoms with van der Waals surface area (Å²) in [4.78, 5) is 11.9. The number of carbonyl (C=O) groups excluding carboxylic acids is 1. The third-order valence-electron chi connectivity index (χ3n) is 3.31. The molecule has 3 N–H and O–H groups in total. The van der Waals surface area contributed by atoms with Crippen LogP contribution in [-0.4, -0.2) is 18.0 Å². The monoisotopic (exact) mass is 212 g/mol. The summed E-state index contributed by atoms with van der Waals surface area (Å²) in [7, 11) is 0. The molecule has 4 atom stereocenters. The fraction of sp³-hybridized carbons (Fsp3) is 0.917. The highest BCUT2D eigenvalue weighted by molar-refractivity contribution is 5.79. The Bertz CT molecular complexity index is 216. The molecule has 0 saturated heterocycles. The molecule has 0 aromatic carbocycles. The van der Waals surface area contributed by atoms with Gasteiger partial charge < -0.3 is 11.1 Å². The lowest BCUT2D eigenvalue weighted by Gasteiger charge is -2.20. The molecule has 1 aliphatic rings. The van der Waals surface area contributed by atoms with Gasteiger partial charge in [0.25, 0.3) is 0 Å². The first kappa shape index (κ1) is 12.5. The van der Waals surface area contributed by atoms with E-state index in [-0.39, 0.29) is 23.9 Å². The van der Waals surface area contributed by atoms with E-state index in [1.54, 1.807) is 0 Å². The summed E-state index contributed by atoms with van der Waals surface area (Å²) in [5, 5.41) is 3.06. The van der Waals surface area contributed by atoms with Crippen LogP contribution < -0.4 is 11.1 Å². The van der Waals surface area contributed by atoms with Gasteiger partial charge in [-0.15, -0.1) is 0 Å². The van der Waals surface area contributed by atoms with Gasteiger partial charge in [0.2, 0.25) is 5.91 Å². The second-order valence-corrected chi connectivity index (χ2v) is 5.14. The zero-order chi connectivity index (χ0) is 11.4. The van der Waals surface area contributed by atoms with Gasteiger partial charge in [0.15, 0.2) is 0 Å². The number of carbonyl (C=O) groups is 1. The maximum atomic E-state index is 11.9. The van der Waals surface area contributed by atoms with Crippen LogP contribution in [0, 0.1) is 11.8 Å². The Morgan fingerprint density at radius 3 is 2.60 bits per heavy atom. The fourth-order valence-electron chi connectivity index (χ4n) is 2.50. The molecule has 1 rings (SSSR count). The number of amides is 1. The van der Waals surface area contributed by atoms with Gasteiger partial charge in [-0.2, -0.15) is 0 Å². The highest BCUT2D eigenvalue weighted by Gasteiger charge is 2.30. The van der Waals surface area contributed by atoms with Crippen LogP contribution in [0.15, 0.2) is 0 Å². The Morgan fingerprint density at radius 1 is 1.47 bits per heavy atom. The average molecular weight is 212 g/mol. The van der Waals surface area contributed by atoms with Gasteiger partial charge in [0, 0.05) is 18.0 Å². The number of rotatable bonds is 4. The fourth-order valence-corrected chi connectivity index (χ4v) is 2.50. The van der Waals surface area contributed by atoms with Crippen molar-refractivity contribution >= 4 is 5.91 Å². The van der Waals surface area contributed by atoms with E-state index in [4.69, 9.17) is 5.73 Å². The largest absolute Gasteiger partial charge is 0.353 e. The van der Waals surface area contributed by atoms with Crippen molar-refractivity contribution in [2.45, 2.75) is 58.5 Å². The normalized spacial score (nSPS) is 29.9. The first-order valence-electron chi connectivity index (χ1n) is 6.06. The maximum Gasteiger partial charge on any atom is 0.223 e. The zero-order valence-corrected chi connectivity index (χ0v) is 10.1. The van der Waals surface area contributed by atoms with E-state index in [1.807, 2.05) is 13.8 Å². The molecule has 1 fully saturated rings. The van der Waals surface area contributed by atoms with E-state index < -0.39 is 0 Å². The zero-order valence-electron chi connectivity index (χ0n) is 10.1. The van der Waals surface area contributed by atoms with Gasteiger partial charge in [-0.1, -0.05) is 13.3 Å². The lowest BCUT2D eigenvalue weighted by molar-refractivity contribution is -0.126. The van der Waals surface area contributed by atoms with Crippen LogP contribution in [0.4, 0.5) is 0 Å². The molecular formula is C12H24N2O. The Labute approximate surface area is 92.8 Å². The lowest BCUT2D eigenvalue weighted by atomic mass is 9.96. The molecule has 88 valence electrons. The van der Waals surface area contributed by atoms with Crippen molar-refractivity contribution in [1.29, 1.82) is 0 Å². The number of hydrogen-bond acceptors (Lipinski definition) is 2. The molecule has 0 spiro atoms. The van der Waals surface area contributed by atoms with Crippen molar-refractivity contribution < 1.29 is 4.79 Å². The quantitative estimate of drug-likeness (QED) is 0.744. The van der Waals surface area contributed by atoms with Crippen molar-refractivity contribution in [3.05, 3.63) is 0 Å². The average Bonchev–Trinajstić information content (AvgIpc) is 2.49. The second-order valence-electron chi connectivity index (χ2n) is 5.14. The first-order chi connectivity index (χ1) is 7.00. The minimum atomic E-state index is 0.154. The highest BCUT2D eigenvalue weighted by Crippen LogP contribution is 2.31. The van der Waals surface area contributed by atoms with Crippen molar-refractivity contribution in [1.82, 2.24) is 5.32 Å². The minimum Gasteiger partial charge on any atom is -0.353 e. The SMILES string of the molecule is CC(N)CC(C)NC(=O)C1CCCC1C. The summed E-state index contributed by atoms with van der Waals surface area (Å²) in [5.41, 5.74) is 5.70. The third kappa shape index (κ3) is 3.82. The Morgan fingerprint density at radius 2 is 2.13 bits per heavy atom. The van der Waals surface area contributed by atoms with Gasteiger partial charge >= 0.3 is 0 Å². The first-order valence-corrected chi connectivity index (χ1v) is 6.06. The van der Waals surface area contributed by atoms with Gasteiger partial charge in [0.1, 0.15) is 0 Å². The molecule has 0 aromatic heterocycles. The van der Waals surface area contributed by atoms with E-state index in [0.29, 0.717) is 5.92 Å². The van der Waals surface area contributed by atoms with E-state index in [0.717, 1.165) is 12.8 Å². The number of hydrogen-bond donors (Lipinski definition) is 2. The molecule has 0 aromatic rings. The molecular weight excluding hydrogens is 188 g/mol. The number of nitrogens with two attached hydrogens (primary N) is 1. The van der Waals surface area contributed by atoms with E-state index >= 15 is 0 Å². The summed E-state index contributed by atoms with van der Waals surface area (Å²) in [6, 6.07) is 0.353. The number of nitrogens with one attached hydrogen (secondary N) is 1. The van der Waals surface area contributed by atoms with Gasteiger partial charge in [-0.25, -0.2) is 0 Å². The third-order valence-corrected chi connectivity index (χ3v) is 3.31. The molecule has 3 nitrogen and oxygen atoms in total. The molecule has 15 heavy (non-hydrogen) atoms. The summed E-state index contributed by atoms with van der Waals surface area (Å²) >= 11 is 0. The van der Waals surface area contributed by atoms with E-state index in [9.17, 15) is 4.79 Å². The minimum absolute atomic E-state index is 0.154. The lowest BCUT2D eigenvalue weighted by Crippen LogP contribution is -2.40. The standard InChI is InChI=1S/C12H24N2O/c1-8-5-4-6-11(8)12(15)14-10(3)7-9(2)13/h8-11H,4-7,13H2,1-3H3,(H,14,15). The Balaban J connectivity index is 2.34. The van der Waals surface area contributed by atoms with Gasteiger partial charge in [0.05, 0.1) is 0 Å². The van der Waals surface area contributed by atoms with Crippen LogP contribution in [0.3, 0.4) is 0 Å². The van der Waals surface area contributed by atoms with Gasteiger partial charge in [-0.05, 0) is 39.0 Å². The Kier molecular flexibility index (Phi) is 4.58. The molecule has 1 saturated carbocycles. The molecule has 0 bridgehead atoms. The van der Waals surface area contributed by atoms with Crippen LogP contribution in [0.5, 0.6) is 0 Å². The molecule has 0 aliphatic heterocycles. The van der Waals surface area contributed by atoms with E-state index in [2.05, 4.69) is 12.2 Å². The Hall–Kier alpha value is -0.570. The van der Waals surface area contributed by atoms with Crippen LogP contribution in [0.2, 0.25) is 0 Å². The molecule has 3 heteroatoms. The van der Waals surface area contributed by atoms with Crippen LogP contribution >= 0.6 is 0 Å². The van der Waals surface area contributed by atoms with Crippen molar-refractivity contribution in [2.75, 3.05) is 0 Å². The topological polar surface area (TPSA) is 55.1 Å². The van der Waals surface area contributed by atoms with Crippen molar-refractivity contribution in [2.24, 2.45) is 17.6 Å². The predicted molar refractivity (Wildman–Crippen MR) is 62.4 cm³/mol. The molecule has 1 aliphatic carbocycles. The molecule has 0 radical (unpaired) electrons. The molecule has 1 amide bonds. The van der Waals surface area contributed by atoms with E-state index in [1.165, 1.54) is 12.8 Å².